The minimum atomic E-state index is -0.382. The van der Waals surface area contributed by atoms with Gasteiger partial charge in [0.05, 0.1) is 13.2 Å². The molecule has 0 radical (unpaired) electrons. The van der Waals surface area contributed by atoms with Crippen LogP contribution in [0.5, 0.6) is 5.75 Å². The van der Waals surface area contributed by atoms with Gasteiger partial charge in [0, 0.05) is 26.2 Å². The highest BCUT2D eigenvalue weighted by molar-refractivity contribution is 5.37. The highest BCUT2D eigenvalue weighted by Crippen LogP contribution is 2.31. The van der Waals surface area contributed by atoms with Gasteiger partial charge in [0.15, 0.2) is 11.6 Å². The molecule has 1 heterocycles. The fourth-order valence-electron chi connectivity index (χ4n) is 3.05. The average molecular weight is 318 g/mol. The van der Waals surface area contributed by atoms with Gasteiger partial charge in [-0.15, -0.1) is 0 Å². The Hall–Kier alpha value is -1.98. The lowest BCUT2D eigenvalue weighted by molar-refractivity contribution is 0.198. The zero-order valence-corrected chi connectivity index (χ0v) is 13.1. The molecule has 1 aliphatic heterocycles. The molecule has 0 amide bonds. The Morgan fingerprint density at radius 2 is 1.65 bits per heavy atom. The first-order valence-corrected chi connectivity index (χ1v) is 7.72. The number of benzene rings is 2. The molecule has 1 aliphatic rings. The highest BCUT2D eigenvalue weighted by atomic mass is 19.1. The Bertz CT molecular complexity index is 655. The first-order chi connectivity index (χ1) is 11.2. The van der Waals surface area contributed by atoms with Crippen LogP contribution in [0.15, 0.2) is 42.5 Å². The van der Waals surface area contributed by atoms with Crippen LogP contribution in [0.1, 0.15) is 17.2 Å². The lowest BCUT2D eigenvalue weighted by atomic mass is 9.96. The van der Waals surface area contributed by atoms with Crippen LogP contribution in [0.4, 0.5) is 8.78 Å². The van der Waals surface area contributed by atoms with E-state index >= 15 is 0 Å². The first kappa shape index (κ1) is 15.9. The summed E-state index contributed by atoms with van der Waals surface area (Å²) in [6, 6.07) is 11.4. The average Bonchev–Trinajstić information content (AvgIpc) is 2.58. The Labute approximate surface area is 134 Å². The fraction of sp³-hybridized carbons (Fsp3) is 0.333. The highest BCUT2D eigenvalue weighted by Gasteiger charge is 2.24. The van der Waals surface area contributed by atoms with Gasteiger partial charge in [0.1, 0.15) is 5.82 Å². The summed E-state index contributed by atoms with van der Waals surface area (Å²) < 4.78 is 32.4. The summed E-state index contributed by atoms with van der Waals surface area (Å²) in [5.74, 6) is -0.423. The summed E-state index contributed by atoms with van der Waals surface area (Å²) in [5, 5.41) is 3.32. The Balaban J connectivity index is 2.00. The van der Waals surface area contributed by atoms with Gasteiger partial charge >= 0.3 is 0 Å². The molecule has 2 aromatic carbocycles. The van der Waals surface area contributed by atoms with Crippen molar-refractivity contribution in [2.45, 2.75) is 6.04 Å². The van der Waals surface area contributed by atoms with Gasteiger partial charge in [-0.2, -0.15) is 0 Å². The molecule has 2 aromatic rings. The van der Waals surface area contributed by atoms with E-state index in [0.29, 0.717) is 0 Å². The van der Waals surface area contributed by atoms with Crippen molar-refractivity contribution in [3.8, 4) is 5.75 Å². The summed E-state index contributed by atoms with van der Waals surface area (Å²) in [6.45, 7) is 3.48. The van der Waals surface area contributed by atoms with E-state index in [9.17, 15) is 8.78 Å². The Morgan fingerprint density at radius 3 is 2.26 bits per heavy atom. The zero-order valence-electron chi connectivity index (χ0n) is 13.1. The number of ether oxygens (including phenoxy) is 1. The molecule has 0 saturated carbocycles. The SMILES string of the molecule is COc1ccc(C(c2ccc(F)cc2)N2CCNCC2)cc1F. The summed E-state index contributed by atoms with van der Waals surface area (Å²) in [6.07, 6.45) is 0. The van der Waals surface area contributed by atoms with Crippen molar-refractivity contribution in [2.75, 3.05) is 33.3 Å². The Kier molecular flexibility index (Phi) is 4.88. The number of hydrogen-bond donors (Lipinski definition) is 1. The van der Waals surface area contributed by atoms with Crippen molar-refractivity contribution in [3.63, 3.8) is 0 Å². The maximum absolute atomic E-state index is 14.1. The molecule has 3 nitrogen and oxygen atoms in total. The second-order valence-corrected chi connectivity index (χ2v) is 5.63. The number of hydrogen-bond acceptors (Lipinski definition) is 3. The van der Waals surface area contributed by atoms with Crippen molar-refractivity contribution in [1.29, 1.82) is 0 Å². The third-order valence-corrected chi connectivity index (χ3v) is 4.19. The number of piperazine rings is 1. The summed E-state index contributed by atoms with van der Waals surface area (Å²) in [4.78, 5) is 2.28. The van der Waals surface area contributed by atoms with Gasteiger partial charge in [-0.3, -0.25) is 4.90 Å². The van der Waals surface area contributed by atoms with Crippen molar-refractivity contribution in [3.05, 3.63) is 65.2 Å². The lowest BCUT2D eigenvalue weighted by Crippen LogP contribution is -2.45. The van der Waals surface area contributed by atoms with Crippen molar-refractivity contribution in [2.24, 2.45) is 0 Å². The number of rotatable bonds is 4. The van der Waals surface area contributed by atoms with Gasteiger partial charge in [0.2, 0.25) is 0 Å². The summed E-state index contributed by atoms with van der Waals surface area (Å²) in [7, 11) is 1.45. The molecular weight excluding hydrogens is 298 g/mol. The summed E-state index contributed by atoms with van der Waals surface area (Å²) >= 11 is 0. The third kappa shape index (κ3) is 3.51. The normalized spacial score (nSPS) is 17.0. The van der Waals surface area contributed by atoms with Crippen molar-refractivity contribution in [1.82, 2.24) is 10.2 Å². The lowest BCUT2D eigenvalue weighted by Gasteiger charge is -2.35. The molecule has 0 spiro atoms. The van der Waals surface area contributed by atoms with Gasteiger partial charge in [-0.05, 0) is 35.4 Å². The largest absolute Gasteiger partial charge is 0.494 e. The van der Waals surface area contributed by atoms with Crippen LogP contribution in [0.2, 0.25) is 0 Å². The maximum atomic E-state index is 14.1. The maximum Gasteiger partial charge on any atom is 0.165 e. The number of nitrogens with one attached hydrogen (secondary N) is 1. The Morgan fingerprint density at radius 1 is 1.00 bits per heavy atom. The van der Waals surface area contributed by atoms with Gasteiger partial charge in [-0.25, -0.2) is 8.78 Å². The molecule has 1 fully saturated rings. The van der Waals surface area contributed by atoms with E-state index in [0.717, 1.165) is 37.3 Å². The minimum absolute atomic E-state index is 0.0990. The van der Waals surface area contributed by atoms with E-state index in [1.165, 1.54) is 25.3 Å². The number of halogens is 2. The number of nitrogens with zero attached hydrogens (tertiary/aromatic N) is 1. The third-order valence-electron chi connectivity index (χ3n) is 4.19. The van der Waals surface area contributed by atoms with Crippen LogP contribution in [0.3, 0.4) is 0 Å². The van der Waals surface area contributed by atoms with Crippen LogP contribution >= 0.6 is 0 Å². The van der Waals surface area contributed by atoms with E-state index in [1.807, 2.05) is 6.07 Å². The van der Waals surface area contributed by atoms with Crippen LogP contribution in [-0.4, -0.2) is 38.2 Å². The molecule has 0 aliphatic carbocycles. The molecule has 23 heavy (non-hydrogen) atoms. The van der Waals surface area contributed by atoms with Crippen LogP contribution in [-0.2, 0) is 0 Å². The molecule has 0 bridgehead atoms. The topological polar surface area (TPSA) is 24.5 Å². The molecule has 122 valence electrons. The van der Waals surface area contributed by atoms with Gasteiger partial charge < -0.3 is 10.1 Å². The van der Waals surface area contributed by atoms with Crippen LogP contribution < -0.4 is 10.1 Å². The predicted molar refractivity (Wildman–Crippen MR) is 85.6 cm³/mol. The molecule has 1 unspecified atom stereocenters. The number of methoxy groups -OCH3 is 1. The van der Waals surface area contributed by atoms with Crippen LogP contribution in [0.25, 0.3) is 0 Å². The van der Waals surface area contributed by atoms with Gasteiger partial charge in [0.25, 0.3) is 0 Å². The molecule has 1 saturated heterocycles. The molecular formula is C18H20F2N2O. The monoisotopic (exact) mass is 318 g/mol. The van der Waals surface area contributed by atoms with E-state index in [-0.39, 0.29) is 23.4 Å². The fourth-order valence-corrected chi connectivity index (χ4v) is 3.05. The molecule has 5 heteroatoms. The minimum Gasteiger partial charge on any atom is -0.494 e. The van der Waals surface area contributed by atoms with Gasteiger partial charge in [-0.1, -0.05) is 18.2 Å². The van der Waals surface area contributed by atoms with E-state index < -0.39 is 0 Å². The molecule has 1 N–H and O–H groups in total. The molecule has 1 atom stereocenters. The van der Waals surface area contributed by atoms with Crippen LogP contribution in [0, 0.1) is 11.6 Å². The molecule has 3 rings (SSSR count). The summed E-state index contributed by atoms with van der Waals surface area (Å²) in [5.41, 5.74) is 1.80. The predicted octanol–water partition coefficient (Wildman–Crippen LogP) is 2.97. The van der Waals surface area contributed by atoms with E-state index in [4.69, 9.17) is 4.74 Å². The van der Waals surface area contributed by atoms with E-state index in [1.54, 1.807) is 18.2 Å². The van der Waals surface area contributed by atoms with Crippen molar-refractivity contribution >= 4 is 0 Å². The smallest absolute Gasteiger partial charge is 0.165 e. The first-order valence-electron chi connectivity index (χ1n) is 7.72. The standard InChI is InChI=1S/C18H20F2N2O/c1-23-17-7-4-14(12-16(17)20)18(22-10-8-21-9-11-22)13-2-5-15(19)6-3-13/h2-7,12,18,21H,8-11H2,1H3. The second kappa shape index (κ2) is 7.06. The van der Waals surface area contributed by atoms with E-state index in [2.05, 4.69) is 10.2 Å². The molecule has 0 aromatic heterocycles. The quantitative estimate of drug-likeness (QED) is 0.938. The second-order valence-electron chi connectivity index (χ2n) is 5.63. The van der Waals surface area contributed by atoms with Crippen molar-refractivity contribution < 1.29 is 13.5 Å². The zero-order chi connectivity index (χ0) is 16.2.